The number of aliphatic hydroxyl groups excluding tert-OH is 1. The Bertz CT molecular complexity index is 352. The molecule has 0 unspecified atom stereocenters. The van der Waals surface area contributed by atoms with Gasteiger partial charge in [0.25, 0.3) is 0 Å². The minimum Gasteiger partial charge on any atom is -0.394 e. The molecule has 0 bridgehead atoms. The Balaban J connectivity index is 1.98. The largest absolute Gasteiger partial charge is 0.394 e. The van der Waals surface area contributed by atoms with Gasteiger partial charge in [0.15, 0.2) is 0 Å². The van der Waals surface area contributed by atoms with Gasteiger partial charge in [-0.3, -0.25) is 0 Å². The summed E-state index contributed by atoms with van der Waals surface area (Å²) in [4.78, 5) is 0. The Labute approximate surface area is 133 Å². The topological polar surface area (TPSA) is 50.7 Å². The molecule has 0 radical (unpaired) electrons. The van der Waals surface area contributed by atoms with E-state index in [4.69, 9.17) is 9.47 Å². The normalized spacial score (nSPS) is 41.4. The first-order valence-corrected chi connectivity index (χ1v) is 9.39. The van der Waals surface area contributed by atoms with Crippen LogP contribution in [0, 0.1) is 5.41 Å². The Morgan fingerprint density at radius 1 is 1.24 bits per heavy atom. The monoisotopic (exact) mass is 317 g/mol. The van der Waals surface area contributed by atoms with Gasteiger partial charge < -0.3 is 19.9 Å². The van der Waals surface area contributed by atoms with Crippen molar-refractivity contribution < 1.29 is 14.6 Å². The molecule has 5 atom stereocenters. The lowest BCUT2D eigenvalue weighted by atomic mass is 9.54. The van der Waals surface area contributed by atoms with Crippen LogP contribution in [-0.4, -0.2) is 60.2 Å². The van der Waals surface area contributed by atoms with E-state index in [9.17, 15) is 5.11 Å². The van der Waals surface area contributed by atoms with Crippen molar-refractivity contribution in [3.63, 3.8) is 0 Å². The Kier molecular flexibility index (Phi) is 5.64. The third-order valence-corrected chi connectivity index (χ3v) is 6.75. The van der Waals surface area contributed by atoms with Gasteiger partial charge in [-0.25, -0.2) is 0 Å². The quantitative estimate of drug-likeness (QED) is 0.717. The molecule has 2 rings (SSSR count). The van der Waals surface area contributed by atoms with E-state index in [1.807, 2.05) is 18.7 Å². The molecule has 124 valence electrons. The number of thioether (sulfide) groups is 1. The van der Waals surface area contributed by atoms with Crippen LogP contribution in [0.1, 0.15) is 40.5 Å². The third-order valence-electron chi connectivity index (χ3n) is 5.57. The molecular weight excluding hydrogens is 286 g/mol. The lowest BCUT2D eigenvalue weighted by molar-refractivity contribution is -0.185. The van der Waals surface area contributed by atoms with E-state index in [2.05, 4.69) is 32.3 Å². The molecule has 21 heavy (non-hydrogen) atoms. The third kappa shape index (κ3) is 2.88. The summed E-state index contributed by atoms with van der Waals surface area (Å²) in [6, 6.07) is 0.422. The summed E-state index contributed by atoms with van der Waals surface area (Å²) in [5.41, 5.74) is -0.264. The van der Waals surface area contributed by atoms with Crippen LogP contribution in [-0.2, 0) is 9.47 Å². The van der Waals surface area contributed by atoms with Gasteiger partial charge in [0.05, 0.1) is 24.4 Å². The van der Waals surface area contributed by atoms with E-state index in [1.165, 1.54) is 0 Å². The zero-order valence-corrected chi connectivity index (χ0v) is 14.8. The fourth-order valence-electron chi connectivity index (χ4n) is 3.81. The zero-order chi connectivity index (χ0) is 15.7. The Morgan fingerprint density at radius 2 is 1.90 bits per heavy atom. The fourth-order valence-corrected chi connectivity index (χ4v) is 4.81. The number of ether oxygens (including phenoxy) is 2. The molecule has 2 fully saturated rings. The standard InChI is InChI=1S/C16H31NO3S/c1-6-19-12-8-11(14(12)21-5)17-16(10-18)9-13(20-7-2)15(16,3)4/h11-14,17-18H,6-10H2,1-5H3/t11-,12+,13+,14+,16-/m0/s1. The second kappa shape index (κ2) is 6.75. The summed E-state index contributed by atoms with van der Waals surface area (Å²) in [7, 11) is 0. The highest BCUT2D eigenvalue weighted by molar-refractivity contribution is 7.99. The second-order valence-electron chi connectivity index (χ2n) is 6.79. The van der Waals surface area contributed by atoms with Crippen LogP contribution < -0.4 is 5.32 Å². The molecule has 2 N–H and O–H groups in total. The van der Waals surface area contributed by atoms with Crippen molar-refractivity contribution in [2.75, 3.05) is 26.1 Å². The molecule has 0 amide bonds. The van der Waals surface area contributed by atoms with Crippen molar-refractivity contribution in [2.24, 2.45) is 5.41 Å². The fraction of sp³-hybridized carbons (Fsp3) is 1.00. The maximum Gasteiger partial charge on any atom is 0.0723 e. The highest BCUT2D eigenvalue weighted by Crippen LogP contribution is 2.52. The van der Waals surface area contributed by atoms with E-state index in [1.54, 1.807) is 0 Å². The zero-order valence-electron chi connectivity index (χ0n) is 14.0. The van der Waals surface area contributed by atoms with Gasteiger partial charge in [0.1, 0.15) is 0 Å². The number of hydrogen-bond donors (Lipinski definition) is 2. The first kappa shape index (κ1) is 17.5. The van der Waals surface area contributed by atoms with Crippen molar-refractivity contribution in [1.82, 2.24) is 5.32 Å². The van der Waals surface area contributed by atoms with E-state index in [0.29, 0.717) is 17.4 Å². The summed E-state index contributed by atoms with van der Waals surface area (Å²) in [5.74, 6) is 0. The molecule has 0 spiro atoms. The highest BCUT2D eigenvalue weighted by Gasteiger charge is 2.62. The van der Waals surface area contributed by atoms with Gasteiger partial charge in [-0.15, -0.1) is 0 Å². The number of nitrogens with one attached hydrogen (secondary N) is 1. The van der Waals surface area contributed by atoms with Crippen LogP contribution in [0.15, 0.2) is 0 Å². The van der Waals surface area contributed by atoms with Crippen LogP contribution >= 0.6 is 11.8 Å². The smallest absolute Gasteiger partial charge is 0.0723 e. The molecule has 2 saturated carbocycles. The van der Waals surface area contributed by atoms with Crippen LogP contribution in [0.25, 0.3) is 0 Å². The number of rotatable bonds is 8. The van der Waals surface area contributed by atoms with E-state index in [-0.39, 0.29) is 23.7 Å². The van der Waals surface area contributed by atoms with Gasteiger partial charge in [-0.05, 0) is 32.9 Å². The summed E-state index contributed by atoms with van der Waals surface area (Å²) < 4.78 is 11.6. The predicted octanol–water partition coefficient (Wildman–Crippen LogP) is 2.05. The van der Waals surface area contributed by atoms with Gasteiger partial charge in [-0.2, -0.15) is 11.8 Å². The summed E-state index contributed by atoms with van der Waals surface area (Å²) in [6.07, 6.45) is 4.66. The minimum absolute atomic E-state index is 0.0442. The minimum atomic E-state index is -0.220. The number of hydrogen-bond acceptors (Lipinski definition) is 5. The molecule has 2 aliphatic rings. The van der Waals surface area contributed by atoms with Gasteiger partial charge in [0.2, 0.25) is 0 Å². The molecule has 4 nitrogen and oxygen atoms in total. The maximum atomic E-state index is 10.00. The van der Waals surface area contributed by atoms with E-state index >= 15 is 0 Å². The van der Waals surface area contributed by atoms with Crippen molar-refractivity contribution in [2.45, 2.75) is 69.6 Å². The summed E-state index contributed by atoms with van der Waals surface area (Å²) >= 11 is 1.86. The second-order valence-corrected chi connectivity index (χ2v) is 7.81. The van der Waals surface area contributed by atoms with E-state index in [0.717, 1.165) is 26.1 Å². The van der Waals surface area contributed by atoms with Crippen LogP contribution in [0.5, 0.6) is 0 Å². The first-order valence-electron chi connectivity index (χ1n) is 8.10. The van der Waals surface area contributed by atoms with Gasteiger partial charge >= 0.3 is 0 Å². The van der Waals surface area contributed by atoms with Crippen LogP contribution in [0.2, 0.25) is 0 Å². The molecule has 0 saturated heterocycles. The average Bonchev–Trinajstić information content (AvgIpc) is 2.44. The Morgan fingerprint density at radius 3 is 2.38 bits per heavy atom. The van der Waals surface area contributed by atoms with Crippen LogP contribution in [0.3, 0.4) is 0 Å². The SMILES string of the molecule is CCO[C@@H]1C[C@H](N[C@]2(CO)C[C@@H](OCC)C2(C)C)[C@H]1SC. The van der Waals surface area contributed by atoms with Crippen LogP contribution in [0.4, 0.5) is 0 Å². The average molecular weight is 317 g/mol. The maximum absolute atomic E-state index is 10.00. The molecule has 5 heteroatoms. The van der Waals surface area contributed by atoms with Crippen molar-refractivity contribution in [1.29, 1.82) is 0 Å². The van der Waals surface area contributed by atoms with Crippen molar-refractivity contribution in [3.05, 3.63) is 0 Å². The molecule has 0 aromatic carbocycles. The summed E-state index contributed by atoms with van der Waals surface area (Å²) in [6.45, 7) is 10.2. The highest BCUT2D eigenvalue weighted by atomic mass is 32.2. The first-order chi connectivity index (χ1) is 9.95. The number of aliphatic hydroxyl groups is 1. The Hall–Kier alpha value is 0.190. The van der Waals surface area contributed by atoms with Crippen molar-refractivity contribution >= 4 is 11.8 Å². The molecular formula is C16H31NO3S. The lowest BCUT2D eigenvalue weighted by Gasteiger charge is -2.63. The van der Waals surface area contributed by atoms with Crippen molar-refractivity contribution in [3.8, 4) is 0 Å². The van der Waals surface area contributed by atoms with Gasteiger partial charge in [-0.1, -0.05) is 13.8 Å². The predicted molar refractivity (Wildman–Crippen MR) is 87.9 cm³/mol. The molecule has 0 aromatic heterocycles. The lowest BCUT2D eigenvalue weighted by Crippen LogP contribution is -2.77. The molecule has 2 aliphatic carbocycles. The molecule has 0 aromatic rings. The van der Waals surface area contributed by atoms with Gasteiger partial charge in [0, 0.05) is 29.9 Å². The molecule has 0 aliphatic heterocycles. The summed E-state index contributed by atoms with van der Waals surface area (Å²) in [5, 5.41) is 14.2. The molecule has 0 heterocycles. The van der Waals surface area contributed by atoms with E-state index < -0.39 is 0 Å².